The first-order valence-electron chi connectivity index (χ1n) is 33.7. The van der Waals surface area contributed by atoms with Crippen molar-refractivity contribution in [3.8, 4) is 0 Å². The highest BCUT2D eigenvalue weighted by Crippen LogP contribution is 2.30. The smallest absolute Gasteiger partial charge is 0.220 e. The molecule has 2 fully saturated rings. The van der Waals surface area contributed by atoms with Crippen LogP contribution in [0.15, 0.2) is 72.9 Å². The van der Waals surface area contributed by atoms with Crippen molar-refractivity contribution in [2.24, 2.45) is 0 Å². The van der Waals surface area contributed by atoms with Crippen LogP contribution in [-0.4, -0.2) is 140 Å². The minimum absolute atomic E-state index is 0.255. The molecule has 0 saturated carbocycles. The van der Waals surface area contributed by atoms with Gasteiger partial charge in [0.15, 0.2) is 12.6 Å². The lowest BCUT2D eigenvalue weighted by atomic mass is 9.97. The molecule has 0 aromatic rings. The van der Waals surface area contributed by atoms with E-state index in [4.69, 9.17) is 18.9 Å². The van der Waals surface area contributed by atoms with Crippen molar-refractivity contribution in [1.29, 1.82) is 0 Å². The molecule has 2 heterocycles. The Balaban J connectivity index is 1.70. The Morgan fingerprint density at radius 2 is 0.843 bits per heavy atom. The number of hydrogen-bond acceptors (Lipinski definition) is 13. The lowest BCUT2D eigenvalue weighted by Crippen LogP contribution is -2.65. The lowest BCUT2D eigenvalue weighted by Gasteiger charge is -2.46. The second-order valence-corrected chi connectivity index (χ2v) is 23.5. The molecule has 12 atom stereocenters. The first kappa shape index (κ1) is 76.5. The normalized spacial score (nSPS) is 24.3. The summed E-state index contributed by atoms with van der Waals surface area (Å²) < 4.78 is 22.8. The van der Waals surface area contributed by atoms with Crippen LogP contribution in [0.1, 0.15) is 264 Å². The van der Waals surface area contributed by atoms with Crippen molar-refractivity contribution in [3.63, 3.8) is 0 Å². The van der Waals surface area contributed by atoms with Crippen LogP contribution in [0.2, 0.25) is 0 Å². The third-order valence-corrected chi connectivity index (χ3v) is 16.1. The number of rotatable bonds is 54. The minimum Gasteiger partial charge on any atom is -0.394 e. The molecule has 1 amide bonds. The monoisotopic (exact) mass is 1170 g/mol. The molecule has 0 radical (unpaired) electrons. The average molecular weight is 1170 g/mol. The summed E-state index contributed by atoms with van der Waals surface area (Å²) in [7, 11) is 0. The van der Waals surface area contributed by atoms with Crippen molar-refractivity contribution >= 4 is 5.91 Å². The van der Waals surface area contributed by atoms with Crippen molar-refractivity contribution in [1.82, 2.24) is 5.32 Å². The third-order valence-electron chi connectivity index (χ3n) is 16.1. The third kappa shape index (κ3) is 38.4. The standard InChI is InChI=1S/C69H123NO13/c1-3-5-7-9-11-13-15-17-19-21-22-23-24-25-26-27-28-29-30-31-32-33-34-35-37-38-40-42-44-46-48-50-52-58(73)57(70-61(74)53-51-49-47-45-43-41-39-36-20-18-16-14-12-10-8-6-4-2)56-80-68-66(79)64(77)67(60(55-72)82-68)83-69-65(78)63(76)62(75)59(54-71)81-69/h6,8,12,14,18,20,35,37,42,44,50,52,57-60,62-69,71-73,75-79H,3-5,7,9-11,13,15-17,19,21-34,36,38-41,43,45-49,51,53-56H2,1-2H3,(H,70,74)/b8-6-,14-12-,20-18-,37-35+,44-42+,52-50+. The number of allylic oxidation sites excluding steroid dienone is 11. The molecule has 9 N–H and O–H groups in total. The highest BCUT2D eigenvalue weighted by Gasteiger charge is 2.51. The molecule has 2 aliphatic rings. The van der Waals surface area contributed by atoms with Crippen LogP contribution >= 0.6 is 0 Å². The van der Waals surface area contributed by atoms with Crippen molar-refractivity contribution in [2.45, 2.75) is 338 Å². The summed E-state index contributed by atoms with van der Waals surface area (Å²) in [4.78, 5) is 13.3. The maximum atomic E-state index is 13.3. The summed E-state index contributed by atoms with van der Waals surface area (Å²) in [6.45, 7) is 2.67. The Labute approximate surface area is 504 Å². The van der Waals surface area contributed by atoms with Crippen molar-refractivity contribution < 1.29 is 64.6 Å². The SMILES string of the molecule is CC/C=C\C/C=C\C/C=C\CCCCCCCCCC(=O)NC(COC1OC(CO)C(OC2OC(CO)C(O)C(O)C2O)C(O)C1O)C(O)/C=C/CC/C=C/CC/C=C/CCCCCCCCCCCCCCCCCCCCCCCC. The van der Waals surface area contributed by atoms with Crippen LogP contribution in [0.25, 0.3) is 0 Å². The summed E-state index contributed by atoms with van der Waals surface area (Å²) in [5.41, 5.74) is 0. The number of carbonyl (C=O) groups is 1. The highest BCUT2D eigenvalue weighted by atomic mass is 16.7. The van der Waals surface area contributed by atoms with Crippen LogP contribution < -0.4 is 5.32 Å². The maximum absolute atomic E-state index is 13.3. The fraction of sp³-hybridized carbons (Fsp3) is 0.812. The van der Waals surface area contributed by atoms with Gasteiger partial charge in [-0.1, -0.05) is 254 Å². The van der Waals surface area contributed by atoms with E-state index in [1.807, 2.05) is 6.08 Å². The van der Waals surface area contributed by atoms with Gasteiger partial charge in [0.25, 0.3) is 0 Å². The van der Waals surface area contributed by atoms with Crippen LogP contribution in [0.4, 0.5) is 0 Å². The first-order valence-corrected chi connectivity index (χ1v) is 33.7. The number of hydrogen-bond donors (Lipinski definition) is 9. The first-order chi connectivity index (χ1) is 40.6. The van der Waals surface area contributed by atoms with Gasteiger partial charge in [0.1, 0.15) is 48.8 Å². The Morgan fingerprint density at radius 3 is 1.33 bits per heavy atom. The Hall–Kier alpha value is -2.57. The van der Waals surface area contributed by atoms with E-state index in [9.17, 15) is 45.6 Å². The van der Waals surface area contributed by atoms with Gasteiger partial charge in [-0.2, -0.15) is 0 Å². The van der Waals surface area contributed by atoms with Crippen LogP contribution in [0, 0.1) is 0 Å². The van der Waals surface area contributed by atoms with Gasteiger partial charge in [0.2, 0.25) is 5.91 Å². The zero-order chi connectivity index (χ0) is 60.2. The van der Waals surface area contributed by atoms with Crippen LogP contribution in [0.5, 0.6) is 0 Å². The fourth-order valence-corrected chi connectivity index (χ4v) is 10.8. The Bertz CT molecular complexity index is 1670. The number of unbranched alkanes of at least 4 members (excludes halogenated alkanes) is 31. The molecule has 0 aliphatic carbocycles. The van der Waals surface area contributed by atoms with E-state index in [0.29, 0.717) is 12.8 Å². The van der Waals surface area contributed by atoms with E-state index in [2.05, 4.69) is 79.9 Å². The van der Waals surface area contributed by atoms with Crippen LogP contribution in [-0.2, 0) is 23.7 Å². The van der Waals surface area contributed by atoms with Gasteiger partial charge in [-0.3, -0.25) is 4.79 Å². The molecule has 0 spiro atoms. The summed E-state index contributed by atoms with van der Waals surface area (Å²) in [5.74, 6) is -0.264. The fourth-order valence-electron chi connectivity index (χ4n) is 10.8. The number of ether oxygens (including phenoxy) is 4. The molecule has 14 heteroatoms. The molecule has 0 aromatic carbocycles. The van der Waals surface area contributed by atoms with E-state index in [-0.39, 0.29) is 18.9 Å². The van der Waals surface area contributed by atoms with Gasteiger partial charge in [-0.25, -0.2) is 0 Å². The van der Waals surface area contributed by atoms with Gasteiger partial charge >= 0.3 is 0 Å². The van der Waals surface area contributed by atoms with E-state index >= 15 is 0 Å². The number of aliphatic hydroxyl groups excluding tert-OH is 8. The molecule has 0 bridgehead atoms. The quantitative estimate of drug-likeness (QED) is 0.0204. The Morgan fingerprint density at radius 1 is 0.446 bits per heavy atom. The minimum atomic E-state index is -1.80. The molecule has 2 aliphatic heterocycles. The van der Waals surface area contributed by atoms with Gasteiger partial charge in [0, 0.05) is 6.42 Å². The van der Waals surface area contributed by atoms with E-state index in [0.717, 1.165) is 83.5 Å². The van der Waals surface area contributed by atoms with Crippen molar-refractivity contribution in [3.05, 3.63) is 72.9 Å². The van der Waals surface area contributed by atoms with Gasteiger partial charge in [-0.05, 0) is 77.0 Å². The van der Waals surface area contributed by atoms with E-state index in [1.54, 1.807) is 6.08 Å². The Kier molecular flexibility index (Phi) is 49.5. The zero-order valence-electron chi connectivity index (χ0n) is 52.2. The molecule has 83 heavy (non-hydrogen) atoms. The summed E-state index contributed by atoms with van der Waals surface area (Å²) >= 11 is 0. The second kappa shape index (κ2) is 53.7. The number of aliphatic hydroxyl groups is 8. The maximum Gasteiger partial charge on any atom is 0.220 e. The van der Waals surface area contributed by atoms with Crippen LogP contribution in [0.3, 0.4) is 0 Å². The van der Waals surface area contributed by atoms with Crippen molar-refractivity contribution in [2.75, 3.05) is 19.8 Å². The molecule has 482 valence electrons. The van der Waals surface area contributed by atoms with E-state index in [1.165, 1.54) is 148 Å². The molecule has 2 saturated heterocycles. The predicted octanol–water partition coefficient (Wildman–Crippen LogP) is 13.1. The second-order valence-electron chi connectivity index (χ2n) is 23.5. The molecule has 12 unspecified atom stereocenters. The number of nitrogens with one attached hydrogen (secondary N) is 1. The molecule has 0 aromatic heterocycles. The van der Waals surface area contributed by atoms with Gasteiger partial charge < -0.3 is 65.1 Å². The molecular formula is C69H123NO13. The summed E-state index contributed by atoms with van der Waals surface area (Å²) in [6, 6.07) is -0.948. The van der Waals surface area contributed by atoms with E-state index < -0.39 is 86.8 Å². The highest BCUT2D eigenvalue weighted by molar-refractivity contribution is 5.76. The molecule has 2 rings (SSSR count). The largest absolute Gasteiger partial charge is 0.394 e. The average Bonchev–Trinajstić information content (AvgIpc) is 3.65. The number of carbonyl (C=O) groups excluding carboxylic acids is 1. The number of amides is 1. The molecule has 14 nitrogen and oxygen atoms in total. The zero-order valence-corrected chi connectivity index (χ0v) is 52.2. The topological polar surface area (TPSA) is 228 Å². The molecular weight excluding hydrogens is 1050 g/mol. The van der Waals surface area contributed by atoms with Gasteiger partial charge in [-0.15, -0.1) is 0 Å². The lowest BCUT2D eigenvalue weighted by molar-refractivity contribution is -0.359. The summed E-state index contributed by atoms with van der Waals surface area (Å²) in [6.07, 6.45) is 55.4. The predicted molar refractivity (Wildman–Crippen MR) is 337 cm³/mol. The summed E-state index contributed by atoms with van der Waals surface area (Å²) in [5, 5.41) is 87.2. The van der Waals surface area contributed by atoms with Gasteiger partial charge in [0.05, 0.1) is 32.0 Å².